The Morgan fingerprint density at radius 2 is 1.61 bits per heavy atom. The molecule has 126 valence electrons. The number of aliphatic imine (C=N–C) groups is 2. The summed E-state index contributed by atoms with van der Waals surface area (Å²) in [6.45, 7) is 6.10. The quantitative estimate of drug-likeness (QED) is 0.668. The molecule has 8 heteroatoms. The van der Waals surface area contributed by atoms with Crippen LogP contribution >= 0.6 is 0 Å². The highest BCUT2D eigenvalue weighted by Gasteiger charge is 2.19. The van der Waals surface area contributed by atoms with Crippen LogP contribution < -0.4 is 4.74 Å². The van der Waals surface area contributed by atoms with Gasteiger partial charge in [-0.25, -0.2) is 15.0 Å². The molecule has 1 aromatic rings. The summed E-state index contributed by atoms with van der Waals surface area (Å²) in [4.78, 5) is 13.1. The molecular formula is C15H21N3O5. The third kappa shape index (κ3) is 4.40. The fourth-order valence-electron chi connectivity index (χ4n) is 2.15. The Kier molecular flexibility index (Phi) is 6.30. The Labute approximate surface area is 134 Å². The molecule has 23 heavy (non-hydrogen) atoms. The third-order valence-corrected chi connectivity index (χ3v) is 3.11. The van der Waals surface area contributed by atoms with E-state index in [0.717, 1.165) is 0 Å². The molecule has 0 atom stereocenters. The molecule has 0 aromatic carbocycles. The van der Waals surface area contributed by atoms with E-state index in [9.17, 15) is 0 Å². The van der Waals surface area contributed by atoms with E-state index in [1.165, 1.54) is 0 Å². The molecule has 2 aliphatic heterocycles. The van der Waals surface area contributed by atoms with Gasteiger partial charge in [0.2, 0.25) is 11.8 Å². The van der Waals surface area contributed by atoms with Gasteiger partial charge in [0.25, 0.3) is 0 Å². The zero-order chi connectivity index (χ0) is 15.2. The first kappa shape index (κ1) is 17.2. The maximum absolute atomic E-state index is 5.72. The average Bonchev–Trinajstić information content (AvgIpc) is 3.24. The number of pyridine rings is 1. The van der Waals surface area contributed by atoms with Crippen molar-refractivity contribution in [1.29, 1.82) is 0 Å². The minimum Gasteiger partial charge on any atom is -0.491 e. The van der Waals surface area contributed by atoms with E-state index < -0.39 is 0 Å². The van der Waals surface area contributed by atoms with Crippen molar-refractivity contribution in [1.82, 2.24) is 4.98 Å². The Hall–Kier alpha value is -2.19. The number of rotatable bonds is 7. The highest BCUT2D eigenvalue weighted by atomic mass is 16.5. The van der Waals surface area contributed by atoms with E-state index in [1.807, 2.05) is 19.1 Å². The number of hydrogen-bond donors (Lipinski definition) is 0. The fourth-order valence-corrected chi connectivity index (χ4v) is 2.15. The molecule has 0 spiro atoms. The SMILES string of the molecule is CCOCCOc1cc(C2=NCCO2)nc(C2=NCCO2)c1.O. The molecule has 3 heterocycles. The lowest BCUT2D eigenvalue weighted by Gasteiger charge is -2.10. The van der Waals surface area contributed by atoms with Gasteiger partial charge in [-0.05, 0) is 6.92 Å². The Bertz CT molecular complexity index is 546. The fraction of sp³-hybridized carbons (Fsp3) is 0.533. The Morgan fingerprint density at radius 3 is 2.09 bits per heavy atom. The van der Waals surface area contributed by atoms with E-state index >= 15 is 0 Å². The molecule has 0 saturated carbocycles. The van der Waals surface area contributed by atoms with Crippen LogP contribution in [0.2, 0.25) is 0 Å². The molecule has 0 bridgehead atoms. The summed E-state index contributed by atoms with van der Waals surface area (Å²) in [6, 6.07) is 3.63. The molecule has 0 radical (unpaired) electrons. The summed E-state index contributed by atoms with van der Waals surface area (Å²) in [5.41, 5.74) is 1.28. The van der Waals surface area contributed by atoms with Crippen molar-refractivity contribution in [3.8, 4) is 5.75 Å². The molecule has 1 aromatic heterocycles. The van der Waals surface area contributed by atoms with E-state index in [2.05, 4.69) is 15.0 Å². The van der Waals surface area contributed by atoms with Crippen molar-refractivity contribution in [2.75, 3.05) is 46.1 Å². The van der Waals surface area contributed by atoms with Crippen molar-refractivity contribution >= 4 is 11.8 Å². The van der Waals surface area contributed by atoms with E-state index in [0.29, 0.717) is 75.1 Å². The van der Waals surface area contributed by atoms with Crippen LogP contribution in [0.4, 0.5) is 0 Å². The van der Waals surface area contributed by atoms with Gasteiger partial charge in [0.1, 0.15) is 37.0 Å². The smallest absolute Gasteiger partial charge is 0.235 e. The molecule has 0 unspecified atom stereocenters. The highest BCUT2D eigenvalue weighted by molar-refractivity contribution is 5.97. The summed E-state index contributed by atoms with van der Waals surface area (Å²) >= 11 is 0. The molecule has 0 aliphatic carbocycles. The van der Waals surface area contributed by atoms with Crippen molar-refractivity contribution < 1.29 is 24.4 Å². The summed E-state index contributed by atoms with van der Waals surface area (Å²) in [5, 5.41) is 0. The van der Waals surface area contributed by atoms with Crippen molar-refractivity contribution in [2.24, 2.45) is 9.98 Å². The first-order valence-corrected chi connectivity index (χ1v) is 7.44. The van der Waals surface area contributed by atoms with Crippen LogP contribution in [-0.2, 0) is 14.2 Å². The topological polar surface area (TPSA) is 106 Å². The maximum atomic E-state index is 5.72. The van der Waals surface area contributed by atoms with Gasteiger partial charge in [0, 0.05) is 18.7 Å². The second-order valence-electron chi connectivity index (χ2n) is 4.69. The van der Waals surface area contributed by atoms with E-state index in [-0.39, 0.29) is 5.48 Å². The van der Waals surface area contributed by atoms with Crippen LogP contribution in [0.5, 0.6) is 5.75 Å². The molecule has 3 rings (SSSR count). The van der Waals surface area contributed by atoms with Gasteiger partial charge in [-0.2, -0.15) is 0 Å². The lowest BCUT2D eigenvalue weighted by Crippen LogP contribution is -2.12. The lowest BCUT2D eigenvalue weighted by molar-refractivity contribution is 0.110. The highest BCUT2D eigenvalue weighted by Crippen LogP contribution is 2.19. The van der Waals surface area contributed by atoms with Gasteiger partial charge in [0.05, 0.1) is 19.7 Å². The average molecular weight is 323 g/mol. The summed E-state index contributed by atoms with van der Waals surface area (Å²) in [6.07, 6.45) is 0. The maximum Gasteiger partial charge on any atom is 0.235 e. The van der Waals surface area contributed by atoms with Crippen molar-refractivity contribution in [2.45, 2.75) is 6.92 Å². The van der Waals surface area contributed by atoms with Crippen LogP contribution in [0.25, 0.3) is 0 Å². The van der Waals surface area contributed by atoms with Crippen molar-refractivity contribution in [3.63, 3.8) is 0 Å². The molecule has 0 saturated heterocycles. The summed E-state index contributed by atoms with van der Waals surface area (Å²) in [7, 11) is 0. The van der Waals surface area contributed by atoms with Crippen molar-refractivity contribution in [3.05, 3.63) is 23.5 Å². The largest absolute Gasteiger partial charge is 0.491 e. The number of aromatic nitrogens is 1. The van der Waals surface area contributed by atoms with Crippen LogP contribution in [-0.4, -0.2) is 68.4 Å². The minimum atomic E-state index is 0. The first-order chi connectivity index (χ1) is 10.9. The number of hydrogen-bond acceptors (Lipinski definition) is 7. The molecule has 0 fully saturated rings. The van der Waals surface area contributed by atoms with Gasteiger partial charge in [-0.1, -0.05) is 0 Å². The third-order valence-electron chi connectivity index (χ3n) is 3.11. The zero-order valence-corrected chi connectivity index (χ0v) is 13.1. The van der Waals surface area contributed by atoms with E-state index in [1.54, 1.807) is 0 Å². The zero-order valence-electron chi connectivity index (χ0n) is 13.1. The normalized spacial score (nSPS) is 16.0. The predicted octanol–water partition coefficient (Wildman–Crippen LogP) is 0.226. The van der Waals surface area contributed by atoms with Gasteiger partial charge in [-0.3, -0.25) is 0 Å². The van der Waals surface area contributed by atoms with Gasteiger partial charge in [-0.15, -0.1) is 0 Å². The summed E-state index contributed by atoms with van der Waals surface area (Å²) < 4.78 is 22.0. The van der Waals surface area contributed by atoms with Gasteiger partial charge >= 0.3 is 0 Å². The standard InChI is InChI=1S/C15H19N3O4.H2O/c1-2-19-7-8-20-11-9-12(14-16-3-5-21-14)18-13(10-11)15-17-4-6-22-15;/h9-10H,2-8H2,1H3;1H2. The molecule has 2 N–H and O–H groups in total. The first-order valence-electron chi connectivity index (χ1n) is 7.44. The number of ether oxygens (including phenoxy) is 4. The van der Waals surface area contributed by atoms with Crippen LogP contribution in [0, 0.1) is 0 Å². The van der Waals surface area contributed by atoms with Gasteiger partial charge < -0.3 is 24.4 Å². The second-order valence-corrected chi connectivity index (χ2v) is 4.69. The molecule has 2 aliphatic rings. The van der Waals surface area contributed by atoms with Crippen LogP contribution in [0.15, 0.2) is 22.1 Å². The monoisotopic (exact) mass is 323 g/mol. The Morgan fingerprint density at radius 1 is 1.00 bits per heavy atom. The minimum absolute atomic E-state index is 0. The van der Waals surface area contributed by atoms with Crippen LogP contribution in [0.3, 0.4) is 0 Å². The molecule has 8 nitrogen and oxygen atoms in total. The lowest BCUT2D eigenvalue weighted by atomic mass is 10.2. The van der Waals surface area contributed by atoms with E-state index in [4.69, 9.17) is 18.9 Å². The second kappa shape index (κ2) is 8.44. The predicted molar refractivity (Wildman–Crippen MR) is 84.6 cm³/mol. The molecular weight excluding hydrogens is 302 g/mol. The summed E-state index contributed by atoms with van der Waals surface area (Å²) in [5.74, 6) is 1.75. The number of nitrogens with zero attached hydrogens (tertiary/aromatic N) is 3. The molecule has 0 amide bonds. The Balaban J connectivity index is 0.00000192. The van der Waals surface area contributed by atoms with Crippen LogP contribution in [0.1, 0.15) is 18.3 Å². The van der Waals surface area contributed by atoms with Gasteiger partial charge in [0.15, 0.2) is 0 Å².